The van der Waals surface area contributed by atoms with Gasteiger partial charge >= 0.3 is 0 Å². The first-order chi connectivity index (χ1) is 12.2. The first-order valence-electron chi connectivity index (χ1n) is 8.91. The topological polar surface area (TPSA) is 41.9 Å². The number of nitrogens with zero attached hydrogens (tertiary/aromatic N) is 1. The lowest BCUT2D eigenvalue weighted by Crippen LogP contribution is -2.38. The molecule has 1 saturated heterocycles. The van der Waals surface area contributed by atoms with E-state index in [1.165, 1.54) is 16.7 Å². The van der Waals surface area contributed by atoms with Crippen LogP contribution in [0.25, 0.3) is 11.1 Å². The molecule has 0 atom stereocenters. The zero-order chi connectivity index (χ0) is 17.6. The largest absolute Gasteiger partial charge is 0.492 e. The molecule has 0 saturated carbocycles. The minimum atomic E-state index is 0.0642. The molecular formula is C21H27NO3. The van der Waals surface area contributed by atoms with E-state index >= 15 is 0 Å². The lowest BCUT2D eigenvalue weighted by molar-refractivity contribution is 0.0322. The average Bonchev–Trinajstić information content (AvgIpc) is 2.62. The van der Waals surface area contributed by atoms with Gasteiger partial charge in [-0.3, -0.25) is 4.90 Å². The molecule has 25 heavy (non-hydrogen) atoms. The minimum Gasteiger partial charge on any atom is -0.492 e. The Labute approximate surface area is 150 Å². The molecule has 0 spiro atoms. The van der Waals surface area contributed by atoms with Crippen molar-refractivity contribution >= 4 is 0 Å². The third-order valence-corrected chi connectivity index (χ3v) is 4.68. The Bertz CT molecular complexity index is 685. The third kappa shape index (κ3) is 4.60. The predicted molar refractivity (Wildman–Crippen MR) is 100 cm³/mol. The van der Waals surface area contributed by atoms with Crippen LogP contribution in [-0.2, 0) is 11.3 Å². The Hall–Kier alpha value is -1.88. The van der Waals surface area contributed by atoms with E-state index in [9.17, 15) is 5.11 Å². The van der Waals surface area contributed by atoms with Crippen LogP contribution in [-0.4, -0.2) is 49.5 Å². The van der Waals surface area contributed by atoms with Crippen LogP contribution in [0.5, 0.6) is 5.75 Å². The lowest BCUT2D eigenvalue weighted by atomic mass is 9.94. The van der Waals surface area contributed by atoms with Crippen molar-refractivity contribution in [2.45, 2.75) is 20.5 Å². The van der Waals surface area contributed by atoms with E-state index in [4.69, 9.17) is 9.47 Å². The molecule has 4 heteroatoms. The van der Waals surface area contributed by atoms with Gasteiger partial charge in [0.25, 0.3) is 0 Å². The normalized spacial score (nSPS) is 15.3. The number of aliphatic hydroxyl groups excluding tert-OH is 1. The summed E-state index contributed by atoms with van der Waals surface area (Å²) in [5.74, 6) is 0.922. The average molecular weight is 341 g/mol. The smallest absolute Gasteiger partial charge is 0.119 e. The number of hydrogen-bond donors (Lipinski definition) is 1. The second-order valence-corrected chi connectivity index (χ2v) is 6.59. The van der Waals surface area contributed by atoms with Gasteiger partial charge < -0.3 is 14.6 Å². The Morgan fingerprint density at radius 3 is 2.48 bits per heavy atom. The predicted octanol–water partition coefficient (Wildman–Crippen LogP) is 3.17. The van der Waals surface area contributed by atoms with Crippen LogP contribution in [0.2, 0.25) is 0 Å². The fourth-order valence-corrected chi connectivity index (χ4v) is 3.41. The molecule has 1 fully saturated rings. The quantitative estimate of drug-likeness (QED) is 0.876. The number of rotatable bonds is 6. The monoisotopic (exact) mass is 341 g/mol. The number of hydrogen-bond acceptors (Lipinski definition) is 4. The van der Waals surface area contributed by atoms with Gasteiger partial charge in [0.1, 0.15) is 12.4 Å². The van der Waals surface area contributed by atoms with Gasteiger partial charge in [0, 0.05) is 19.6 Å². The molecule has 134 valence electrons. The fourth-order valence-electron chi connectivity index (χ4n) is 3.41. The van der Waals surface area contributed by atoms with Crippen molar-refractivity contribution in [3.63, 3.8) is 0 Å². The molecule has 1 aliphatic rings. The molecule has 1 aliphatic heterocycles. The van der Waals surface area contributed by atoms with Gasteiger partial charge in [0.15, 0.2) is 0 Å². The van der Waals surface area contributed by atoms with Gasteiger partial charge in [-0.05, 0) is 59.9 Å². The Balaban J connectivity index is 1.69. The van der Waals surface area contributed by atoms with E-state index in [0.29, 0.717) is 6.61 Å². The zero-order valence-corrected chi connectivity index (χ0v) is 15.1. The summed E-state index contributed by atoms with van der Waals surface area (Å²) < 4.78 is 11.4. The molecule has 4 nitrogen and oxygen atoms in total. The molecule has 3 rings (SSSR count). The molecule has 0 aliphatic carbocycles. The molecule has 2 aromatic carbocycles. The fraction of sp³-hybridized carbons (Fsp3) is 0.429. The van der Waals surface area contributed by atoms with Gasteiger partial charge in [-0.25, -0.2) is 0 Å². The highest BCUT2D eigenvalue weighted by Gasteiger charge is 2.11. The van der Waals surface area contributed by atoms with Crippen LogP contribution >= 0.6 is 0 Å². The number of ether oxygens (including phenoxy) is 2. The first kappa shape index (κ1) is 17.9. The Kier molecular flexibility index (Phi) is 6.08. The van der Waals surface area contributed by atoms with Gasteiger partial charge in [-0.2, -0.15) is 0 Å². The van der Waals surface area contributed by atoms with Crippen LogP contribution in [0.3, 0.4) is 0 Å². The molecule has 0 bridgehead atoms. The lowest BCUT2D eigenvalue weighted by Gasteiger charge is -2.26. The van der Waals surface area contributed by atoms with Crippen molar-refractivity contribution in [3.8, 4) is 16.9 Å². The molecule has 0 radical (unpaired) electrons. The number of aryl methyl sites for hydroxylation is 2. The van der Waals surface area contributed by atoms with Crippen molar-refractivity contribution < 1.29 is 14.6 Å². The molecule has 0 unspecified atom stereocenters. The number of benzene rings is 2. The maximum atomic E-state index is 9.36. The van der Waals surface area contributed by atoms with Crippen molar-refractivity contribution in [1.82, 2.24) is 4.90 Å². The van der Waals surface area contributed by atoms with E-state index in [1.54, 1.807) is 0 Å². The summed E-state index contributed by atoms with van der Waals surface area (Å²) in [7, 11) is 0. The van der Waals surface area contributed by atoms with Gasteiger partial charge in [0.2, 0.25) is 0 Å². The molecule has 0 amide bonds. The highest BCUT2D eigenvalue weighted by atomic mass is 16.5. The zero-order valence-electron chi connectivity index (χ0n) is 15.1. The van der Waals surface area contributed by atoms with E-state index in [2.05, 4.69) is 36.9 Å². The Morgan fingerprint density at radius 1 is 1.08 bits per heavy atom. The van der Waals surface area contributed by atoms with E-state index < -0.39 is 0 Å². The third-order valence-electron chi connectivity index (χ3n) is 4.68. The van der Waals surface area contributed by atoms with Gasteiger partial charge in [-0.1, -0.05) is 18.2 Å². The van der Waals surface area contributed by atoms with Gasteiger partial charge in [-0.15, -0.1) is 0 Å². The minimum absolute atomic E-state index is 0.0642. The SMILES string of the molecule is Cc1cc(OCCN2CCOCC2)cc(C)c1-c1cccc(CO)c1. The summed E-state index contributed by atoms with van der Waals surface area (Å²) in [6.45, 7) is 9.53. The van der Waals surface area contributed by atoms with Gasteiger partial charge in [0.05, 0.1) is 19.8 Å². The summed E-state index contributed by atoms with van der Waals surface area (Å²) in [6.07, 6.45) is 0. The van der Waals surface area contributed by atoms with Crippen LogP contribution < -0.4 is 4.74 Å². The van der Waals surface area contributed by atoms with Crippen molar-refractivity contribution in [2.24, 2.45) is 0 Å². The second kappa shape index (κ2) is 8.48. The van der Waals surface area contributed by atoms with E-state index in [-0.39, 0.29) is 6.61 Å². The van der Waals surface area contributed by atoms with Crippen LogP contribution in [0, 0.1) is 13.8 Å². The molecular weight excluding hydrogens is 314 g/mol. The highest BCUT2D eigenvalue weighted by Crippen LogP contribution is 2.31. The molecule has 2 aromatic rings. The maximum Gasteiger partial charge on any atom is 0.119 e. The summed E-state index contributed by atoms with van der Waals surface area (Å²) in [5.41, 5.74) is 5.67. The van der Waals surface area contributed by atoms with Crippen molar-refractivity contribution in [3.05, 3.63) is 53.1 Å². The number of morpholine rings is 1. The highest BCUT2D eigenvalue weighted by molar-refractivity contribution is 5.72. The molecule has 1 N–H and O–H groups in total. The van der Waals surface area contributed by atoms with Crippen LogP contribution in [0.4, 0.5) is 0 Å². The summed E-state index contributed by atoms with van der Waals surface area (Å²) in [6, 6.07) is 12.3. The number of aliphatic hydroxyl groups is 1. The standard InChI is InChI=1S/C21H27NO3/c1-16-12-20(25-11-8-22-6-9-24-10-7-22)13-17(2)21(16)19-5-3-4-18(14-19)15-23/h3-5,12-14,23H,6-11,15H2,1-2H3. The summed E-state index contributed by atoms with van der Waals surface area (Å²) in [5, 5.41) is 9.36. The van der Waals surface area contributed by atoms with Crippen LogP contribution in [0.1, 0.15) is 16.7 Å². The second-order valence-electron chi connectivity index (χ2n) is 6.59. The Morgan fingerprint density at radius 2 is 1.80 bits per heavy atom. The van der Waals surface area contributed by atoms with Crippen LogP contribution in [0.15, 0.2) is 36.4 Å². The van der Waals surface area contributed by atoms with E-state index in [1.807, 2.05) is 18.2 Å². The maximum absolute atomic E-state index is 9.36. The van der Waals surface area contributed by atoms with E-state index in [0.717, 1.165) is 49.7 Å². The van der Waals surface area contributed by atoms with Crippen molar-refractivity contribution in [2.75, 3.05) is 39.5 Å². The summed E-state index contributed by atoms with van der Waals surface area (Å²) >= 11 is 0. The molecule has 0 aromatic heterocycles. The molecule has 1 heterocycles. The summed E-state index contributed by atoms with van der Waals surface area (Å²) in [4.78, 5) is 2.37. The first-order valence-corrected chi connectivity index (χ1v) is 8.91. The van der Waals surface area contributed by atoms with Crippen molar-refractivity contribution in [1.29, 1.82) is 0 Å².